The minimum Gasteiger partial charge on any atom is -0.368 e. The molecule has 0 bridgehead atoms. The first-order valence-electron chi connectivity index (χ1n) is 8.49. The molecule has 0 aliphatic rings. The maximum Gasteiger partial charge on any atom is 0.251 e. The smallest absolute Gasteiger partial charge is 0.251 e. The van der Waals surface area contributed by atoms with Crippen LogP contribution in [0, 0.1) is 6.92 Å². The van der Waals surface area contributed by atoms with E-state index in [2.05, 4.69) is 31.3 Å². The summed E-state index contributed by atoms with van der Waals surface area (Å²) in [5.41, 5.74) is 7.56. The predicted molar refractivity (Wildman–Crippen MR) is 122 cm³/mol. The van der Waals surface area contributed by atoms with Crippen molar-refractivity contribution in [3.8, 4) is 0 Å². The molecule has 1 aromatic carbocycles. The van der Waals surface area contributed by atoms with Crippen LogP contribution in [-0.4, -0.2) is 42.9 Å². The molecule has 8 nitrogen and oxygen atoms in total. The molecule has 1 heterocycles. The van der Waals surface area contributed by atoms with Gasteiger partial charge in [0.05, 0.1) is 17.2 Å². The second kappa shape index (κ2) is 12.3. The number of aliphatic imine (C=N–C) groups is 1. The molecule has 2 amide bonds. The first-order valence-corrected chi connectivity index (χ1v) is 9.37. The molecule has 28 heavy (non-hydrogen) atoms. The molecule has 0 aliphatic heterocycles. The van der Waals surface area contributed by atoms with Gasteiger partial charge < -0.3 is 21.7 Å². The Balaban J connectivity index is 0.00000392. The number of halogens is 1. The first-order chi connectivity index (χ1) is 13.0. The van der Waals surface area contributed by atoms with Crippen LogP contribution in [-0.2, 0) is 17.8 Å². The number of aromatic nitrogens is 1. The Morgan fingerprint density at radius 2 is 1.89 bits per heavy atom. The lowest BCUT2D eigenvalue weighted by molar-refractivity contribution is -0.117. The molecule has 152 valence electrons. The van der Waals surface area contributed by atoms with E-state index in [1.807, 2.05) is 19.1 Å². The average molecular weight is 516 g/mol. The van der Waals surface area contributed by atoms with Crippen LogP contribution in [0.15, 0.2) is 34.6 Å². The third-order valence-corrected chi connectivity index (χ3v) is 4.49. The summed E-state index contributed by atoms with van der Waals surface area (Å²) in [4.78, 5) is 31.2. The van der Waals surface area contributed by atoms with Gasteiger partial charge in [-0.25, -0.2) is 4.98 Å². The van der Waals surface area contributed by atoms with Crippen molar-refractivity contribution in [1.29, 1.82) is 0 Å². The summed E-state index contributed by atoms with van der Waals surface area (Å²) >= 11 is 1.65. The zero-order chi connectivity index (χ0) is 19.6. The normalized spacial score (nSPS) is 10.7. The molecule has 2 aromatic rings. The van der Waals surface area contributed by atoms with E-state index >= 15 is 0 Å². The van der Waals surface area contributed by atoms with E-state index < -0.39 is 5.91 Å². The number of nitrogens with two attached hydrogens (primary N) is 1. The van der Waals surface area contributed by atoms with Gasteiger partial charge in [0.15, 0.2) is 5.96 Å². The number of amides is 2. The van der Waals surface area contributed by atoms with Gasteiger partial charge in [-0.3, -0.25) is 14.6 Å². The second-order valence-corrected chi connectivity index (χ2v) is 6.87. The fourth-order valence-electron chi connectivity index (χ4n) is 2.28. The van der Waals surface area contributed by atoms with Gasteiger partial charge in [-0.15, -0.1) is 35.3 Å². The number of carbonyl (C=O) groups excluding carboxylic acids is 2. The number of nitrogens with one attached hydrogen (secondary N) is 3. The highest BCUT2D eigenvalue weighted by Crippen LogP contribution is 2.08. The summed E-state index contributed by atoms with van der Waals surface area (Å²) in [6, 6.07) is 7.09. The van der Waals surface area contributed by atoms with Crippen LogP contribution in [0.3, 0.4) is 0 Å². The van der Waals surface area contributed by atoms with Crippen LogP contribution in [0.5, 0.6) is 0 Å². The fourth-order valence-corrected chi connectivity index (χ4v) is 2.93. The monoisotopic (exact) mass is 516 g/mol. The fraction of sp³-hybridized carbons (Fsp3) is 0.333. The topological polar surface area (TPSA) is 122 Å². The molecule has 0 saturated heterocycles. The molecule has 5 N–H and O–H groups in total. The zero-order valence-electron chi connectivity index (χ0n) is 15.8. The first kappa shape index (κ1) is 23.8. The van der Waals surface area contributed by atoms with E-state index in [1.165, 1.54) is 0 Å². The van der Waals surface area contributed by atoms with Crippen molar-refractivity contribution in [2.75, 3.05) is 20.1 Å². The van der Waals surface area contributed by atoms with E-state index in [4.69, 9.17) is 5.73 Å². The van der Waals surface area contributed by atoms with Crippen LogP contribution >= 0.6 is 35.3 Å². The Kier molecular flexibility index (Phi) is 10.5. The lowest BCUT2D eigenvalue weighted by Crippen LogP contribution is -2.37. The standard InChI is InChI=1S/C18H24N6O2S.HI/c1-12-24-15(11-27-12)7-8-21-18(20-2)23-9-13-3-5-14(6-4-13)17(26)22-10-16(19)25;/h3-6,11H,7-10H2,1-2H3,(H2,19,25)(H,22,26)(H2,20,21,23);1H. The minimum absolute atomic E-state index is 0. The van der Waals surface area contributed by atoms with Crippen LogP contribution in [0.1, 0.15) is 26.6 Å². The SMILES string of the molecule is CN=C(NCCc1csc(C)n1)NCc1ccc(C(=O)NCC(N)=O)cc1.I. The maximum absolute atomic E-state index is 11.8. The summed E-state index contributed by atoms with van der Waals surface area (Å²) in [5, 5.41) is 12.1. The number of thiazole rings is 1. The summed E-state index contributed by atoms with van der Waals surface area (Å²) in [6.07, 6.45) is 0.833. The molecule has 0 aliphatic carbocycles. The van der Waals surface area contributed by atoms with Crippen molar-refractivity contribution >= 4 is 53.1 Å². The van der Waals surface area contributed by atoms with E-state index in [0.29, 0.717) is 18.1 Å². The highest BCUT2D eigenvalue weighted by atomic mass is 127. The maximum atomic E-state index is 11.8. The number of guanidine groups is 1. The molecular weight excluding hydrogens is 491 g/mol. The van der Waals surface area contributed by atoms with Crippen molar-refractivity contribution in [1.82, 2.24) is 20.9 Å². The summed E-state index contributed by atoms with van der Waals surface area (Å²) < 4.78 is 0. The van der Waals surface area contributed by atoms with Gasteiger partial charge in [0.1, 0.15) is 0 Å². The van der Waals surface area contributed by atoms with Crippen molar-refractivity contribution in [2.24, 2.45) is 10.7 Å². The van der Waals surface area contributed by atoms with Gasteiger partial charge in [-0.2, -0.15) is 0 Å². The second-order valence-electron chi connectivity index (χ2n) is 5.81. The van der Waals surface area contributed by atoms with Crippen LogP contribution < -0.4 is 21.7 Å². The van der Waals surface area contributed by atoms with E-state index in [0.717, 1.165) is 29.2 Å². The molecule has 0 fully saturated rings. The largest absolute Gasteiger partial charge is 0.368 e. The van der Waals surface area contributed by atoms with Crippen molar-refractivity contribution in [2.45, 2.75) is 19.9 Å². The van der Waals surface area contributed by atoms with E-state index in [-0.39, 0.29) is 36.4 Å². The summed E-state index contributed by atoms with van der Waals surface area (Å²) in [7, 11) is 1.72. The lowest BCUT2D eigenvalue weighted by atomic mass is 10.1. The number of hydrogen-bond donors (Lipinski definition) is 4. The number of carbonyl (C=O) groups is 2. The van der Waals surface area contributed by atoms with Gasteiger partial charge in [0.25, 0.3) is 5.91 Å². The van der Waals surface area contributed by atoms with Gasteiger partial charge >= 0.3 is 0 Å². The van der Waals surface area contributed by atoms with Gasteiger partial charge in [-0.05, 0) is 24.6 Å². The summed E-state index contributed by atoms with van der Waals surface area (Å²) in [5.74, 6) is -0.207. The zero-order valence-corrected chi connectivity index (χ0v) is 19.0. The molecule has 1 aromatic heterocycles. The molecule has 0 unspecified atom stereocenters. The van der Waals surface area contributed by atoms with Crippen molar-refractivity contribution in [3.05, 3.63) is 51.5 Å². The Bertz CT molecular complexity index is 807. The molecule has 0 spiro atoms. The average Bonchev–Trinajstić information content (AvgIpc) is 3.08. The van der Waals surface area contributed by atoms with Crippen LogP contribution in [0.4, 0.5) is 0 Å². The van der Waals surface area contributed by atoms with Crippen molar-refractivity contribution < 1.29 is 9.59 Å². The highest BCUT2D eigenvalue weighted by molar-refractivity contribution is 14.0. The number of hydrogen-bond acceptors (Lipinski definition) is 5. The van der Waals surface area contributed by atoms with E-state index in [9.17, 15) is 9.59 Å². The number of primary amides is 1. The highest BCUT2D eigenvalue weighted by Gasteiger charge is 2.06. The molecule has 2 rings (SSSR count). The van der Waals surface area contributed by atoms with Crippen molar-refractivity contribution in [3.63, 3.8) is 0 Å². The number of rotatable bonds is 8. The summed E-state index contributed by atoms with van der Waals surface area (Å²) in [6.45, 7) is 3.12. The Morgan fingerprint density at radius 1 is 1.18 bits per heavy atom. The van der Waals surface area contributed by atoms with Crippen LogP contribution in [0.25, 0.3) is 0 Å². The van der Waals surface area contributed by atoms with Gasteiger partial charge in [0.2, 0.25) is 5.91 Å². The molecule has 0 atom stereocenters. The van der Waals surface area contributed by atoms with Gasteiger partial charge in [0, 0.05) is 37.5 Å². The number of nitrogens with zero attached hydrogens (tertiary/aromatic N) is 2. The number of benzene rings is 1. The lowest BCUT2D eigenvalue weighted by Gasteiger charge is -2.12. The molecule has 0 saturated carbocycles. The quantitative estimate of drug-likeness (QED) is 0.239. The Labute approximate surface area is 185 Å². The Hall–Kier alpha value is -2.21. The van der Waals surface area contributed by atoms with Crippen LogP contribution in [0.2, 0.25) is 0 Å². The minimum atomic E-state index is -0.576. The predicted octanol–water partition coefficient (Wildman–Crippen LogP) is 1.19. The molecule has 0 radical (unpaired) electrons. The third-order valence-electron chi connectivity index (χ3n) is 3.66. The van der Waals surface area contributed by atoms with E-state index in [1.54, 1.807) is 30.5 Å². The number of aryl methyl sites for hydroxylation is 1. The third kappa shape index (κ3) is 8.21. The molecule has 10 heteroatoms. The Morgan fingerprint density at radius 3 is 2.46 bits per heavy atom. The molecular formula is C18H25IN6O2S. The van der Waals surface area contributed by atoms with Gasteiger partial charge in [-0.1, -0.05) is 12.1 Å².